The van der Waals surface area contributed by atoms with Gasteiger partial charge in [-0.05, 0) is 34.9 Å². The molecule has 1 amide bonds. The molecule has 0 aliphatic rings. The minimum Gasteiger partial charge on any atom is -0.504 e. The Hall–Kier alpha value is -4.34. The molecule has 4 N–H and O–H groups in total. The van der Waals surface area contributed by atoms with Gasteiger partial charge in [-0.1, -0.05) is 78.9 Å². The highest BCUT2D eigenvalue weighted by atomic mass is 16.3. The number of carbonyl (C=O) groups excluding carboxylic acids is 1. The van der Waals surface area contributed by atoms with Crippen molar-refractivity contribution in [3.63, 3.8) is 0 Å². The summed E-state index contributed by atoms with van der Waals surface area (Å²) in [5.41, 5.74) is -0.753. The SMILES string of the molecule is N#C/C(=C\C=C\c1ccc(O)c(O)c1)NC(=O)C(O)(c1ccccc1)c1ccccc1. The van der Waals surface area contributed by atoms with Crippen LogP contribution in [0.5, 0.6) is 11.5 Å². The van der Waals surface area contributed by atoms with Gasteiger partial charge in [-0.2, -0.15) is 5.26 Å². The number of nitrogens with one attached hydrogen (secondary N) is 1. The summed E-state index contributed by atoms with van der Waals surface area (Å²) in [6.07, 6.45) is 4.47. The molecule has 0 unspecified atom stereocenters. The summed E-state index contributed by atoms with van der Waals surface area (Å²) < 4.78 is 0. The van der Waals surface area contributed by atoms with Crippen LogP contribution in [0.2, 0.25) is 0 Å². The minimum absolute atomic E-state index is 0.0745. The van der Waals surface area contributed by atoms with Gasteiger partial charge in [-0.15, -0.1) is 0 Å². The van der Waals surface area contributed by atoms with Gasteiger partial charge >= 0.3 is 0 Å². The van der Waals surface area contributed by atoms with Crippen LogP contribution in [0.3, 0.4) is 0 Å². The van der Waals surface area contributed by atoms with Crippen LogP contribution in [0, 0.1) is 11.3 Å². The summed E-state index contributed by atoms with van der Waals surface area (Å²) in [5.74, 6) is -1.28. The number of phenolic OH excluding ortho intramolecular Hbond substituents is 2. The maximum Gasteiger partial charge on any atom is 0.266 e. The van der Waals surface area contributed by atoms with Crippen LogP contribution in [-0.2, 0) is 10.4 Å². The molecular weight excluding hydrogens is 392 g/mol. The number of benzene rings is 3. The Morgan fingerprint density at radius 1 is 0.903 bits per heavy atom. The van der Waals surface area contributed by atoms with Crippen molar-refractivity contribution in [2.75, 3.05) is 0 Å². The molecule has 0 atom stereocenters. The number of hydrogen-bond donors (Lipinski definition) is 4. The lowest BCUT2D eigenvalue weighted by Gasteiger charge is -2.27. The number of aromatic hydroxyl groups is 2. The van der Waals surface area contributed by atoms with Crippen LogP contribution in [0.15, 0.2) is 96.7 Å². The van der Waals surface area contributed by atoms with Crippen molar-refractivity contribution in [2.45, 2.75) is 5.60 Å². The summed E-state index contributed by atoms with van der Waals surface area (Å²) >= 11 is 0. The third-order valence-corrected chi connectivity index (χ3v) is 4.63. The van der Waals surface area contributed by atoms with E-state index in [1.54, 1.807) is 72.8 Å². The van der Waals surface area contributed by atoms with Crippen LogP contribution in [-0.4, -0.2) is 21.2 Å². The van der Waals surface area contributed by atoms with E-state index in [4.69, 9.17) is 0 Å². The van der Waals surface area contributed by atoms with Gasteiger partial charge in [-0.3, -0.25) is 4.79 Å². The lowest BCUT2D eigenvalue weighted by Crippen LogP contribution is -2.44. The van der Waals surface area contributed by atoms with E-state index in [9.17, 15) is 25.4 Å². The summed E-state index contributed by atoms with van der Waals surface area (Å²) in [6, 6.07) is 23.1. The fourth-order valence-corrected chi connectivity index (χ4v) is 3.01. The number of carbonyl (C=O) groups is 1. The Kier molecular flexibility index (Phi) is 6.51. The monoisotopic (exact) mass is 412 g/mol. The predicted molar refractivity (Wildman–Crippen MR) is 117 cm³/mol. The largest absolute Gasteiger partial charge is 0.504 e. The third-order valence-electron chi connectivity index (χ3n) is 4.63. The van der Waals surface area contributed by atoms with E-state index in [1.165, 1.54) is 24.3 Å². The standard InChI is InChI=1S/C25H20N2O4/c26-17-21(13-7-8-18-14-15-22(28)23(29)16-18)27-24(30)25(31,19-9-3-1-4-10-19)20-11-5-2-6-12-20/h1-16,28-29,31H,(H,27,30)/b8-7+,21-13+. The normalized spacial score (nSPS) is 11.8. The Balaban J connectivity index is 1.88. The molecule has 0 radical (unpaired) electrons. The zero-order valence-electron chi connectivity index (χ0n) is 16.4. The van der Waals surface area contributed by atoms with Gasteiger partial charge in [0.1, 0.15) is 11.8 Å². The van der Waals surface area contributed by atoms with E-state index < -0.39 is 11.5 Å². The first-order chi connectivity index (χ1) is 14.9. The van der Waals surface area contributed by atoms with Gasteiger partial charge < -0.3 is 20.6 Å². The van der Waals surface area contributed by atoms with E-state index >= 15 is 0 Å². The highest BCUT2D eigenvalue weighted by Gasteiger charge is 2.40. The zero-order chi connectivity index (χ0) is 22.3. The fraction of sp³-hybridized carbons (Fsp3) is 0.0400. The molecule has 3 rings (SSSR count). The highest BCUT2D eigenvalue weighted by Crippen LogP contribution is 2.30. The lowest BCUT2D eigenvalue weighted by molar-refractivity contribution is -0.135. The van der Waals surface area contributed by atoms with Crippen molar-refractivity contribution in [3.05, 3.63) is 113 Å². The molecule has 6 nitrogen and oxygen atoms in total. The molecular formula is C25H20N2O4. The van der Waals surface area contributed by atoms with Crippen molar-refractivity contribution >= 4 is 12.0 Å². The Bertz CT molecular complexity index is 1120. The molecule has 0 spiro atoms. The number of nitrogens with zero attached hydrogens (tertiary/aromatic N) is 1. The second kappa shape index (κ2) is 9.44. The van der Waals surface area contributed by atoms with Crippen molar-refractivity contribution in [1.29, 1.82) is 5.26 Å². The molecule has 0 fully saturated rings. The summed E-state index contributed by atoms with van der Waals surface area (Å²) in [5, 5.41) is 42.2. The van der Waals surface area contributed by atoms with E-state index in [0.717, 1.165) is 0 Å². The highest BCUT2D eigenvalue weighted by molar-refractivity contribution is 5.91. The Labute approximate surface area is 179 Å². The first-order valence-electron chi connectivity index (χ1n) is 9.40. The maximum absolute atomic E-state index is 13.1. The molecule has 154 valence electrons. The van der Waals surface area contributed by atoms with Gasteiger partial charge in [-0.25, -0.2) is 0 Å². The number of amides is 1. The van der Waals surface area contributed by atoms with Gasteiger partial charge in [0.15, 0.2) is 17.1 Å². The second-order valence-electron chi connectivity index (χ2n) is 6.70. The molecule has 0 heterocycles. The van der Waals surface area contributed by atoms with Gasteiger partial charge in [0, 0.05) is 0 Å². The minimum atomic E-state index is -2.00. The average molecular weight is 412 g/mol. The molecule has 0 aliphatic heterocycles. The van der Waals surface area contributed by atoms with Crippen LogP contribution in [0.25, 0.3) is 6.08 Å². The fourth-order valence-electron chi connectivity index (χ4n) is 3.01. The molecule has 0 saturated heterocycles. The quantitative estimate of drug-likeness (QED) is 0.281. The van der Waals surface area contributed by atoms with Crippen LogP contribution in [0.1, 0.15) is 16.7 Å². The van der Waals surface area contributed by atoms with Crippen LogP contribution >= 0.6 is 0 Å². The maximum atomic E-state index is 13.1. The molecule has 0 bridgehead atoms. The number of allylic oxidation sites excluding steroid dienone is 3. The first kappa shape index (κ1) is 21.4. The van der Waals surface area contributed by atoms with Gasteiger partial charge in [0.25, 0.3) is 5.91 Å². The molecule has 31 heavy (non-hydrogen) atoms. The van der Waals surface area contributed by atoms with Crippen molar-refractivity contribution in [3.8, 4) is 17.6 Å². The number of nitriles is 1. The van der Waals surface area contributed by atoms with Crippen molar-refractivity contribution < 1.29 is 20.1 Å². The number of aliphatic hydroxyl groups is 1. The zero-order valence-corrected chi connectivity index (χ0v) is 16.4. The average Bonchev–Trinajstić information content (AvgIpc) is 2.81. The molecule has 3 aromatic rings. The summed E-state index contributed by atoms with van der Waals surface area (Å²) in [7, 11) is 0. The number of hydrogen-bond acceptors (Lipinski definition) is 5. The smallest absolute Gasteiger partial charge is 0.266 e. The number of phenols is 2. The molecule has 3 aromatic carbocycles. The Morgan fingerprint density at radius 3 is 2.00 bits per heavy atom. The second-order valence-corrected chi connectivity index (χ2v) is 6.70. The predicted octanol–water partition coefficient (Wildman–Crippen LogP) is 3.57. The number of rotatable bonds is 6. The molecule has 6 heteroatoms. The van der Waals surface area contributed by atoms with E-state index in [-0.39, 0.29) is 17.2 Å². The molecule has 0 saturated carbocycles. The third kappa shape index (κ3) is 4.81. The van der Waals surface area contributed by atoms with Gasteiger partial charge in [0.05, 0.1) is 0 Å². The lowest BCUT2D eigenvalue weighted by atomic mass is 9.85. The molecule has 0 aromatic heterocycles. The molecule has 0 aliphatic carbocycles. The summed E-state index contributed by atoms with van der Waals surface area (Å²) in [6.45, 7) is 0. The van der Waals surface area contributed by atoms with E-state index in [2.05, 4.69) is 5.32 Å². The van der Waals surface area contributed by atoms with E-state index in [1.807, 2.05) is 6.07 Å². The first-order valence-corrected chi connectivity index (χ1v) is 9.40. The van der Waals surface area contributed by atoms with Crippen molar-refractivity contribution in [2.24, 2.45) is 0 Å². The van der Waals surface area contributed by atoms with Gasteiger partial charge in [0.2, 0.25) is 0 Å². The van der Waals surface area contributed by atoms with Crippen LogP contribution < -0.4 is 5.32 Å². The Morgan fingerprint density at radius 2 is 1.48 bits per heavy atom. The van der Waals surface area contributed by atoms with E-state index in [0.29, 0.717) is 16.7 Å². The van der Waals surface area contributed by atoms with Crippen LogP contribution in [0.4, 0.5) is 0 Å². The summed E-state index contributed by atoms with van der Waals surface area (Å²) in [4.78, 5) is 13.1. The van der Waals surface area contributed by atoms with Crippen molar-refractivity contribution in [1.82, 2.24) is 5.32 Å². The topological polar surface area (TPSA) is 114 Å².